The van der Waals surface area contributed by atoms with Crippen LogP contribution in [-0.4, -0.2) is 45.0 Å². The van der Waals surface area contributed by atoms with E-state index in [4.69, 9.17) is 4.74 Å². The first kappa shape index (κ1) is 22.3. The van der Waals surface area contributed by atoms with E-state index < -0.39 is 15.6 Å². The van der Waals surface area contributed by atoms with Gasteiger partial charge in [-0.1, -0.05) is 30.3 Å². The molecule has 0 aliphatic carbocycles. The normalized spacial score (nSPS) is 15.1. The van der Waals surface area contributed by atoms with E-state index >= 15 is 0 Å². The molecule has 1 saturated heterocycles. The quantitative estimate of drug-likeness (QED) is 0.728. The van der Waals surface area contributed by atoms with E-state index in [1.807, 2.05) is 44.2 Å². The number of piperidine rings is 1. The number of nitrogens with zero attached hydrogens (tertiary/aromatic N) is 1. The first-order valence-electron chi connectivity index (χ1n) is 10.3. The summed E-state index contributed by atoms with van der Waals surface area (Å²) in [6, 6.07) is 14.2. The van der Waals surface area contributed by atoms with Crippen molar-refractivity contribution in [1.29, 1.82) is 0 Å². The Hall–Kier alpha value is -2.38. The lowest BCUT2D eigenvalue weighted by Gasteiger charge is -2.28. The molecule has 0 atom stereocenters. The van der Waals surface area contributed by atoms with Crippen LogP contribution in [0.5, 0.6) is 5.75 Å². The summed E-state index contributed by atoms with van der Waals surface area (Å²) in [5.41, 5.74) is 0.626. The van der Waals surface area contributed by atoms with E-state index in [0.29, 0.717) is 25.3 Å². The molecule has 1 heterocycles. The summed E-state index contributed by atoms with van der Waals surface area (Å²) < 4.78 is 34.4. The second-order valence-electron chi connectivity index (χ2n) is 8.37. The van der Waals surface area contributed by atoms with Crippen molar-refractivity contribution in [2.75, 3.05) is 20.2 Å². The number of carbonyl (C=O) groups is 1. The summed E-state index contributed by atoms with van der Waals surface area (Å²) in [6.45, 7) is 5.06. The van der Waals surface area contributed by atoms with Crippen LogP contribution in [0.4, 0.5) is 0 Å². The van der Waals surface area contributed by atoms with Gasteiger partial charge in [-0.05, 0) is 63.3 Å². The lowest BCUT2D eigenvalue weighted by molar-refractivity contribution is 0.0720. The van der Waals surface area contributed by atoms with Crippen LogP contribution in [0.15, 0.2) is 53.4 Å². The Bertz CT molecular complexity index is 982. The zero-order valence-electron chi connectivity index (χ0n) is 17.8. The molecule has 30 heavy (non-hydrogen) atoms. The van der Waals surface area contributed by atoms with E-state index in [1.165, 1.54) is 19.2 Å². The molecule has 162 valence electrons. The number of ether oxygens (including phenoxy) is 1. The van der Waals surface area contributed by atoms with Crippen LogP contribution in [0.3, 0.4) is 0 Å². The standard InChI is InChI=1S/C23H30N2O4S/c1-23(2,17-18-10-6-4-7-11-18)24-30(27,28)19-12-13-21(29-3)20(16-19)22(26)25-14-8-5-9-15-25/h4,6-7,10-13,16,24H,5,8-9,14-15,17H2,1-3H3. The van der Waals surface area contributed by atoms with E-state index in [-0.39, 0.29) is 16.4 Å². The Morgan fingerprint density at radius 1 is 1.07 bits per heavy atom. The fraction of sp³-hybridized carbons (Fsp3) is 0.435. The smallest absolute Gasteiger partial charge is 0.257 e. The van der Waals surface area contributed by atoms with Crippen molar-refractivity contribution in [2.24, 2.45) is 0 Å². The maximum Gasteiger partial charge on any atom is 0.257 e. The van der Waals surface area contributed by atoms with Crippen molar-refractivity contribution < 1.29 is 17.9 Å². The highest BCUT2D eigenvalue weighted by Gasteiger charge is 2.29. The number of benzene rings is 2. The first-order valence-corrected chi connectivity index (χ1v) is 11.8. The molecule has 0 bridgehead atoms. The van der Waals surface area contributed by atoms with Gasteiger partial charge in [0.15, 0.2) is 0 Å². The molecule has 0 aromatic heterocycles. The number of amides is 1. The van der Waals surface area contributed by atoms with Gasteiger partial charge in [0.1, 0.15) is 5.75 Å². The summed E-state index contributed by atoms with van der Waals surface area (Å²) in [6.07, 6.45) is 3.57. The third kappa shape index (κ3) is 5.40. The molecule has 0 unspecified atom stereocenters. The molecule has 7 heteroatoms. The lowest BCUT2D eigenvalue weighted by Crippen LogP contribution is -2.45. The van der Waals surface area contributed by atoms with Gasteiger partial charge in [-0.3, -0.25) is 4.79 Å². The summed E-state index contributed by atoms with van der Waals surface area (Å²) in [7, 11) is -2.34. The Labute approximate surface area is 179 Å². The van der Waals surface area contributed by atoms with Crippen molar-refractivity contribution >= 4 is 15.9 Å². The zero-order valence-corrected chi connectivity index (χ0v) is 18.7. The fourth-order valence-electron chi connectivity index (χ4n) is 3.85. The second-order valence-corrected chi connectivity index (χ2v) is 10.0. The van der Waals surface area contributed by atoms with Crippen LogP contribution in [0.2, 0.25) is 0 Å². The maximum absolute atomic E-state index is 13.1. The minimum absolute atomic E-state index is 0.0600. The molecule has 1 amide bonds. The Morgan fingerprint density at radius 2 is 1.73 bits per heavy atom. The molecule has 0 saturated carbocycles. The molecule has 1 fully saturated rings. The molecule has 0 spiro atoms. The van der Waals surface area contributed by atoms with Gasteiger partial charge in [-0.2, -0.15) is 0 Å². The maximum atomic E-state index is 13.1. The number of hydrogen-bond donors (Lipinski definition) is 1. The van der Waals surface area contributed by atoms with Crippen LogP contribution < -0.4 is 9.46 Å². The molecular formula is C23H30N2O4S. The minimum atomic E-state index is -3.83. The number of likely N-dealkylation sites (tertiary alicyclic amines) is 1. The predicted octanol–water partition coefficient (Wildman–Crippen LogP) is 3.62. The minimum Gasteiger partial charge on any atom is -0.496 e. The third-order valence-electron chi connectivity index (χ3n) is 5.25. The summed E-state index contributed by atoms with van der Waals surface area (Å²) in [5.74, 6) is 0.195. The number of carbonyl (C=O) groups excluding carboxylic acids is 1. The second kappa shape index (κ2) is 9.18. The van der Waals surface area contributed by atoms with Gasteiger partial charge >= 0.3 is 0 Å². The molecular weight excluding hydrogens is 400 g/mol. The Kier molecular flexibility index (Phi) is 6.83. The van der Waals surface area contributed by atoms with Gasteiger partial charge in [-0.25, -0.2) is 13.1 Å². The monoisotopic (exact) mass is 430 g/mol. The van der Waals surface area contributed by atoms with Crippen molar-refractivity contribution in [2.45, 2.75) is 50.0 Å². The van der Waals surface area contributed by atoms with Gasteiger partial charge in [-0.15, -0.1) is 0 Å². The fourth-order valence-corrected chi connectivity index (χ4v) is 5.29. The molecule has 2 aromatic rings. The Morgan fingerprint density at radius 3 is 2.37 bits per heavy atom. The highest BCUT2D eigenvalue weighted by Crippen LogP contribution is 2.26. The Balaban J connectivity index is 1.85. The average Bonchev–Trinajstić information content (AvgIpc) is 2.73. The first-order chi connectivity index (χ1) is 14.2. The molecule has 6 nitrogen and oxygen atoms in total. The molecule has 1 aliphatic heterocycles. The average molecular weight is 431 g/mol. The molecule has 1 aliphatic rings. The zero-order chi connectivity index (χ0) is 21.8. The van der Waals surface area contributed by atoms with Crippen LogP contribution in [-0.2, 0) is 16.4 Å². The largest absolute Gasteiger partial charge is 0.496 e. The van der Waals surface area contributed by atoms with Crippen molar-refractivity contribution in [1.82, 2.24) is 9.62 Å². The van der Waals surface area contributed by atoms with Crippen molar-refractivity contribution in [3.8, 4) is 5.75 Å². The molecule has 0 radical (unpaired) electrons. The highest BCUT2D eigenvalue weighted by atomic mass is 32.2. The summed E-state index contributed by atoms with van der Waals surface area (Å²) in [4.78, 5) is 14.8. The highest BCUT2D eigenvalue weighted by molar-refractivity contribution is 7.89. The predicted molar refractivity (Wildman–Crippen MR) is 117 cm³/mol. The van der Waals surface area contributed by atoms with Gasteiger partial charge in [0, 0.05) is 18.6 Å². The van der Waals surface area contributed by atoms with Crippen LogP contribution >= 0.6 is 0 Å². The van der Waals surface area contributed by atoms with Crippen molar-refractivity contribution in [3.63, 3.8) is 0 Å². The van der Waals surface area contributed by atoms with Crippen LogP contribution in [0.25, 0.3) is 0 Å². The topological polar surface area (TPSA) is 75.7 Å². The number of rotatable bonds is 7. The summed E-state index contributed by atoms with van der Waals surface area (Å²) in [5, 5.41) is 0. The number of sulfonamides is 1. The van der Waals surface area contributed by atoms with E-state index in [2.05, 4.69) is 4.72 Å². The SMILES string of the molecule is COc1ccc(S(=O)(=O)NC(C)(C)Cc2ccccc2)cc1C(=O)N1CCCCC1. The molecule has 3 rings (SSSR count). The van der Waals surface area contributed by atoms with Gasteiger partial charge in [0.05, 0.1) is 17.6 Å². The van der Waals surface area contributed by atoms with Crippen LogP contribution in [0.1, 0.15) is 49.0 Å². The van der Waals surface area contributed by atoms with Gasteiger partial charge in [0.25, 0.3) is 5.91 Å². The molecule has 1 N–H and O–H groups in total. The van der Waals surface area contributed by atoms with E-state index in [9.17, 15) is 13.2 Å². The lowest BCUT2D eigenvalue weighted by atomic mass is 9.96. The van der Waals surface area contributed by atoms with E-state index in [1.54, 1.807) is 11.0 Å². The number of methoxy groups -OCH3 is 1. The number of nitrogens with one attached hydrogen (secondary N) is 1. The van der Waals surface area contributed by atoms with Gasteiger partial charge in [0.2, 0.25) is 10.0 Å². The van der Waals surface area contributed by atoms with Gasteiger partial charge < -0.3 is 9.64 Å². The summed E-state index contributed by atoms with van der Waals surface area (Å²) >= 11 is 0. The van der Waals surface area contributed by atoms with Crippen molar-refractivity contribution in [3.05, 3.63) is 59.7 Å². The van der Waals surface area contributed by atoms with Crippen LogP contribution in [0, 0.1) is 0 Å². The third-order valence-corrected chi connectivity index (χ3v) is 6.95. The van der Waals surface area contributed by atoms with E-state index in [0.717, 1.165) is 24.8 Å². The molecule has 2 aromatic carbocycles. The number of hydrogen-bond acceptors (Lipinski definition) is 4.